The van der Waals surface area contributed by atoms with Crippen LogP contribution >= 0.6 is 0 Å². The van der Waals surface area contributed by atoms with Gasteiger partial charge in [-0.05, 0) is 17.0 Å². The number of hydrogen-bond donors (Lipinski definition) is 3. The summed E-state index contributed by atoms with van der Waals surface area (Å²) in [5.74, 6) is 0. The van der Waals surface area contributed by atoms with Crippen LogP contribution in [0.2, 0.25) is 0 Å². The molecule has 4 N–H and O–H groups in total. The van der Waals surface area contributed by atoms with Gasteiger partial charge in [0.15, 0.2) is 5.70 Å². The Morgan fingerprint density at radius 1 is 1.19 bits per heavy atom. The SMILES string of the molecule is CC(C)(C)c1ccccc1NC(=O)N/C(C#N)=C(\N)C#N. The molecule has 1 rings (SSSR count). The maximum Gasteiger partial charge on any atom is 0.324 e. The van der Waals surface area contributed by atoms with E-state index in [0.29, 0.717) is 5.69 Å². The molecule has 0 spiro atoms. The zero-order valence-corrected chi connectivity index (χ0v) is 12.2. The van der Waals surface area contributed by atoms with Crippen LogP contribution in [0, 0.1) is 22.7 Å². The van der Waals surface area contributed by atoms with Crippen molar-refractivity contribution in [2.75, 3.05) is 5.32 Å². The number of benzene rings is 1. The number of nitrogens with zero attached hydrogens (tertiary/aromatic N) is 2. The van der Waals surface area contributed by atoms with E-state index >= 15 is 0 Å². The maximum absolute atomic E-state index is 11.9. The molecule has 0 aliphatic heterocycles. The zero-order chi connectivity index (χ0) is 16.0. The largest absolute Gasteiger partial charge is 0.388 e. The number of carbonyl (C=O) groups excluding carboxylic acids is 1. The Labute approximate surface area is 123 Å². The van der Waals surface area contributed by atoms with Gasteiger partial charge < -0.3 is 11.1 Å². The summed E-state index contributed by atoms with van der Waals surface area (Å²) in [5, 5.41) is 22.4. The van der Waals surface area contributed by atoms with Gasteiger partial charge in [0.25, 0.3) is 0 Å². The van der Waals surface area contributed by atoms with Crippen molar-refractivity contribution in [2.45, 2.75) is 26.2 Å². The highest BCUT2D eigenvalue weighted by atomic mass is 16.2. The molecule has 0 aromatic heterocycles. The first-order valence-corrected chi connectivity index (χ1v) is 6.27. The summed E-state index contributed by atoms with van der Waals surface area (Å²) in [6.45, 7) is 6.08. The number of nitriles is 2. The number of hydrogen-bond acceptors (Lipinski definition) is 4. The van der Waals surface area contributed by atoms with Crippen LogP contribution in [-0.2, 0) is 5.41 Å². The van der Waals surface area contributed by atoms with Crippen molar-refractivity contribution >= 4 is 11.7 Å². The molecule has 2 amide bonds. The van der Waals surface area contributed by atoms with Crippen molar-refractivity contribution < 1.29 is 4.79 Å². The number of nitrogens with one attached hydrogen (secondary N) is 2. The van der Waals surface area contributed by atoms with Crippen molar-refractivity contribution in [3.05, 3.63) is 41.2 Å². The highest BCUT2D eigenvalue weighted by Gasteiger charge is 2.18. The van der Waals surface area contributed by atoms with Crippen LogP contribution in [0.1, 0.15) is 26.3 Å². The third-order valence-electron chi connectivity index (χ3n) is 2.72. The fraction of sp³-hybridized carbons (Fsp3) is 0.267. The number of anilines is 1. The lowest BCUT2D eigenvalue weighted by molar-refractivity contribution is 0.254. The minimum absolute atomic E-state index is 0.149. The van der Waals surface area contributed by atoms with Crippen LogP contribution in [0.15, 0.2) is 35.7 Å². The van der Waals surface area contributed by atoms with Crippen LogP contribution in [0.25, 0.3) is 0 Å². The summed E-state index contributed by atoms with van der Waals surface area (Å²) in [4.78, 5) is 11.9. The third kappa shape index (κ3) is 4.26. The number of urea groups is 1. The summed E-state index contributed by atoms with van der Waals surface area (Å²) in [7, 11) is 0. The lowest BCUT2D eigenvalue weighted by Crippen LogP contribution is -2.30. The Hall–Kier alpha value is -2.99. The first kappa shape index (κ1) is 16.1. The quantitative estimate of drug-likeness (QED) is 0.722. The van der Waals surface area contributed by atoms with Gasteiger partial charge in [-0.2, -0.15) is 10.5 Å². The van der Waals surface area contributed by atoms with Crippen LogP contribution in [0.4, 0.5) is 10.5 Å². The van der Waals surface area contributed by atoms with Crippen molar-refractivity contribution in [1.29, 1.82) is 10.5 Å². The molecule has 0 heterocycles. The average molecular weight is 283 g/mol. The Morgan fingerprint density at radius 2 is 1.81 bits per heavy atom. The molecule has 6 nitrogen and oxygen atoms in total. The average Bonchev–Trinajstić information content (AvgIpc) is 2.43. The fourth-order valence-corrected chi connectivity index (χ4v) is 1.72. The summed E-state index contributed by atoms with van der Waals surface area (Å²) >= 11 is 0. The molecule has 0 saturated carbocycles. The molecular weight excluding hydrogens is 266 g/mol. The van der Waals surface area contributed by atoms with E-state index in [2.05, 4.69) is 10.6 Å². The molecule has 0 bridgehead atoms. The van der Waals surface area contributed by atoms with Crippen LogP contribution < -0.4 is 16.4 Å². The summed E-state index contributed by atoms with van der Waals surface area (Å²) in [6.07, 6.45) is 0. The number of para-hydroxylation sites is 1. The van der Waals surface area contributed by atoms with Gasteiger partial charge in [0.2, 0.25) is 0 Å². The van der Waals surface area contributed by atoms with Crippen molar-refractivity contribution in [1.82, 2.24) is 5.32 Å². The van der Waals surface area contributed by atoms with Gasteiger partial charge in [0, 0.05) is 5.69 Å². The van der Waals surface area contributed by atoms with E-state index in [0.717, 1.165) is 5.56 Å². The molecule has 0 unspecified atom stereocenters. The molecule has 1 aromatic rings. The van der Waals surface area contributed by atoms with E-state index in [4.69, 9.17) is 16.3 Å². The van der Waals surface area contributed by atoms with Crippen molar-refractivity contribution in [2.24, 2.45) is 5.73 Å². The molecule has 0 saturated heterocycles. The van der Waals surface area contributed by atoms with Gasteiger partial charge >= 0.3 is 6.03 Å². The number of amides is 2. The van der Waals surface area contributed by atoms with E-state index in [-0.39, 0.29) is 16.8 Å². The molecular formula is C15H17N5O. The molecule has 0 radical (unpaired) electrons. The summed E-state index contributed by atoms with van der Waals surface area (Å²) in [6, 6.07) is 10.0. The second kappa shape index (κ2) is 6.44. The molecule has 0 atom stereocenters. The smallest absolute Gasteiger partial charge is 0.324 e. The van der Waals surface area contributed by atoms with E-state index in [1.807, 2.05) is 32.9 Å². The van der Waals surface area contributed by atoms with Crippen molar-refractivity contribution in [3.8, 4) is 12.1 Å². The van der Waals surface area contributed by atoms with E-state index < -0.39 is 6.03 Å². The molecule has 21 heavy (non-hydrogen) atoms. The third-order valence-corrected chi connectivity index (χ3v) is 2.72. The van der Waals surface area contributed by atoms with Gasteiger partial charge in [0.05, 0.1) is 0 Å². The van der Waals surface area contributed by atoms with E-state index in [1.165, 1.54) is 0 Å². The Kier molecular flexibility index (Phi) is 4.93. The second-order valence-corrected chi connectivity index (χ2v) is 5.39. The maximum atomic E-state index is 11.9. The van der Waals surface area contributed by atoms with Gasteiger partial charge in [-0.1, -0.05) is 39.0 Å². The molecule has 0 aliphatic rings. The number of nitrogens with two attached hydrogens (primary N) is 1. The van der Waals surface area contributed by atoms with E-state index in [9.17, 15) is 4.79 Å². The fourth-order valence-electron chi connectivity index (χ4n) is 1.72. The Balaban J connectivity index is 2.97. The van der Waals surface area contributed by atoms with Gasteiger partial charge in [-0.15, -0.1) is 0 Å². The highest BCUT2D eigenvalue weighted by Crippen LogP contribution is 2.29. The summed E-state index contributed by atoms with van der Waals surface area (Å²) in [5.41, 5.74) is 6.15. The Bertz CT molecular complexity index is 656. The predicted molar refractivity (Wildman–Crippen MR) is 79.7 cm³/mol. The zero-order valence-electron chi connectivity index (χ0n) is 12.2. The van der Waals surface area contributed by atoms with E-state index in [1.54, 1.807) is 24.3 Å². The van der Waals surface area contributed by atoms with Gasteiger partial charge in [-0.25, -0.2) is 4.79 Å². The van der Waals surface area contributed by atoms with Gasteiger partial charge in [-0.3, -0.25) is 5.32 Å². The minimum Gasteiger partial charge on any atom is -0.388 e. The normalized spacial score (nSPS) is 11.7. The highest BCUT2D eigenvalue weighted by molar-refractivity contribution is 5.92. The lowest BCUT2D eigenvalue weighted by Gasteiger charge is -2.23. The predicted octanol–water partition coefficient (Wildman–Crippen LogP) is 2.32. The number of allylic oxidation sites excluding steroid dienone is 2. The first-order chi connectivity index (χ1) is 9.79. The topological polar surface area (TPSA) is 115 Å². The van der Waals surface area contributed by atoms with Gasteiger partial charge in [0.1, 0.15) is 17.8 Å². The number of rotatable bonds is 2. The molecule has 6 heteroatoms. The lowest BCUT2D eigenvalue weighted by atomic mass is 9.86. The van der Waals surface area contributed by atoms with Crippen LogP contribution in [-0.4, -0.2) is 6.03 Å². The van der Waals surface area contributed by atoms with Crippen molar-refractivity contribution in [3.63, 3.8) is 0 Å². The Morgan fingerprint density at radius 3 is 2.33 bits per heavy atom. The first-order valence-electron chi connectivity index (χ1n) is 6.27. The number of carbonyl (C=O) groups is 1. The molecule has 108 valence electrons. The van der Waals surface area contributed by atoms with Crippen LogP contribution in [0.5, 0.6) is 0 Å². The monoisotopic (exact) mass is 283 g/mol. The molecule has 1 aromatic carbocycles. The van der Waals surface area contributed by atoms with Crippen LogP contribution in [0.3, 0.4) is 0 Å². The second-order valence-electron chi connectivity index (χ2n) is 5.39. The summed E-state index contributed by atoms with van der Waals surface area (Å²) < 4.78 is 0. The standard InChI is InChI=1S/C15H17N5O/c1-15(2,3)10-6-4-5-7-12(10)19-14(21)20-13(9-17)11(18)8-16/h4-7H,18H2,1-3H3,(H2,19,20,21)/b13-11-. The molecule has 0 aliphatic carbocycles. The molecule has 0 fully saturated rings. The minimum atomic E-state index is -0.624.